The Hall–Kier alpha value is -0.910. The Morgan fingerprint density at radius 1 is 1.48 bits per heavy atom. The molecule has 2 heterocycles. The molecule has 2 atom stereocenters. The monoisotopic (exact) mass is 313 g/mol. The molecule has 0 spiro atoms. The molecule has 1 aromatic heterocycles. The predicted molar refractivity (Wildman–Crippen MR) is 82.7 cm³/mol. The van der Waals surface area contributed by atoms with Crippen molar-refractivity contribution in [2.75, 3.05) is 19.8 Å². The van der Waals surface area contributed by atoms with Crippen LogP contribution in [0, 0.1) is 12.8 Å². The number of halogens is 1. The Morgan fingerprint density at radius 2 is 2.24 bits per heavy atom. The minimum atomic E-state index is -0.0897. The van der Waals surface area contributed by atoms with Crippen LogP contribution in [0.15, 0.2) is 0 Å². The summed E-state index contributed by atoms with van der Waals surface area (Å²) in [5.41, 5.74) is 1.60. The minimum Gasteiger partial charge on any atom is -0.379 e. The van der Waals surface area contributed by atoms with Gasteiger partial charge < -0.3 is 10.1 Å². The molecule has 0 radical (unpaired) electrons. The van der Waals surface area contributed by atoms with Crippen LogP contribution >= 0.6 is 11.6 Å². The first-order chi connectivity index (χ1) is 10.1. The van der Waals surface area contributed by atoms with Crippen molar-refractivity contribution >= 4 is 17.4 Å². The van der Waals surface area contributed by atoms with Gasteiger partial charge in [-0.3, -0.25) is 9.48 Å². The predicted octanol–water partition coefficient (Wildman–Crippen LogP) is 1.99. The van der Waals surface area contributed by atoms with E-state index in [0.29, 0.717) is 24.7 Å². The highest BCUT2D eigenvalue weighted by molar-refractivity contribution is 6.32. The van der Waals surface area contributed by atoms with Gasteiger partial charge in [-0.25, -0.2) is 0 Å². The first kappa shape index (κ1) is 16.5. The van der Waals surface area contributed by atoms with Gasteiger partial charge in [0.2, 0.25) is 0 Å². The number of nitrogens with one attached hydrogen (secondary N) is 1. The van der Waals surface area contributed by atoms with Gasteiger partial charge in [-0.15, -0.1) is 0 Å². The molecular weight excluding hydrogens is 290 g/mol. The summed E-state index contributed by atoms with van der Waals surface area (Å²) in [6.45, 7) is 8.71. The zero-order chi connectivity index (χ0) is 15.4. The average Bonchev–Trinajstić information content (AvgIpc) is 3.04. The normalized spacial score (nSPS) is 21.9. The number of ketones is 1. The smallest absolute Gasteiger partial charge is 0.145 e. The van der Waals surface area contributed by atoms with Gasteiger partial charge in [-0.2, -0.15) is 5.10 Å². The number of nitrogens with zero attached hydrogens (tertiary/aromatic N) is 2. The van der Waals surface area contributed by atoms with E-state index < -0.39 is 0 Å². The molecular formula is C15H24ClN3O2. The average molecular weight is 314 g/mol. The maximum absolute atomic E-state index is 12.6. The fraction of sp³-hybridized carbons (Fsp3) is 0.733. The van der Waals surface area contributed by atoms with Crippen LogP contribution in [0.1, 0.15) is 31.7 Å². The summed E-state index contributed by atoms with van der Waals surface area (Å²) in [6, 6.07) is 0.121. The van der Waals surface area contributed by atoms with Crippen LogP contribution in [-0.4, -0.2) is 41.4 Å². The standard InChI is InChI=1S/C15H24ClN3O2/c1-4-6-17-12-9-21-8-11(12)14(20)7-13-15(16)10(3)18-19(13)5-2/h11-12,17H,4-9H2,1-3H3. The fourth-order valence-corrected chi connectivity index (χ4v) is 2.94. The third-order valence-corrected chi connectivity index (χ3v) is 4.44. The number of hydrogen-bond acceptors (Lipinski definition) is 4. The molecule has 21 heavy (non-hydrogen) atoms. The molecule has 118 valence electrons. The van der Waals surface area contributed by atoms with Crippen LogP contribution in [0.5, 0.6) is 0 Å². The van der Waals surface area contributed by atoms with Crippen molar-refractivity contribution in [1.82, 2.24) is 15.1 Å². The summed E-state index contributed by atoms with van der Waals surface area (Å²) in [6.07, 6.45) is 1.37. The van der Waals surface area contributed by atoms with Crippen LogP contribution in [0.25, 0.3) is 0 Å². The summed E-state index contributed by atoms with van der Waals surface area (Å²) in [5.74, 6) is 0.0886. The topological polar surface area (TPSA) is 56.1 Å². The molecule has 1 fully saturated rings. The zero-order valence-electron chi connectivity index (χ0n) is 13.0. The number of aryl methyl sites for hydroxylation is 2. The van der Waals surface area contributed by atoms with E-state index in [1.165, 1.54) is 0 Å². The largest absolute Gasteiger partial charge is 0.379 e. The molecule has 0 bridgehead atoms. The van der Waals surface area contributed by atoms with Crippen molar-refractivity contribution in [3.63, 3.8) is 0 Å². The minimum absolute atomic E-state index is 0.0897. The fourth-order valence-electron chi connectivity index (χ4n) is 2.74. The lowest BCUT2D eigenvalue weighted by molar-refractivity contribution is -0.122. The van der Waals surface area contributed by atoms with Crippen molar-refractivity contribution in [3.8, 4) is 0 Å². The van der Waals surface area contributed by atoms with Gasteiger partial charge in [-0.05, 0) is 26.8 Å². The quantitative estimate of drug-likeness (QED) is 0.836. The van der Waals surface area contributed by atoms with E-state index in [1.807, 2.05) is 18.5 Å². The molecule has 6 heteroatoms. The van der Waals surface area contributed by atoms with E-state index in [2.05, 4.69) is 17.3 Å². The summed E-state index contributed by atoms with van der Waals surface area (Å²) in [4.78, 5) is 12.6. The zero-order valence-corrected chi connectivity index (χ0v) is 13.7. The maximum atomic E-state index is 12.6. The first-order valence-corrected chi connectivity index (χ1v) is 8.01. The van der Waals surface area contributed by atoms with Crippen molar-refractivity contribution in [2.24, 2.45) is 5.92 Å². The van der Waals surface area contributed by atoms with E-state index in [1.54, 1.807) is 0 Å². The number of Topliss-reactive ketones (excluding diaryl/α,β-unsaturated/α-hetero) is 1. The first-order valence-electron chi connectivity index (χ1n) is 7.64. The van der Waals surface area contributed by atoms with Gasteiger partial charge in [0.05, 0.1) is 42.0 Å². The maximum Gasteiger partial charge on any atom is 0.145 e. The second-order valence-corrected chi connectivity index (χ2v) is 5.89. The molecule has 1 N–H and O–H groups in total. The van der Waals surface area contributed by atoms with Gasteiger partial charge in [0, 0.05) is 12.6 Å². The van der Waals surface area contributed by atoms with E-state index in [-0.39, 0.29) is 17.7 Å². The lowest BCUT2D eigenvalue weighted by atomic mass is 9.95. The van der Waals surface area contributed by atoms with E-state index in [9.17, 15) is 4.79 Å². The van der Waals surface area contributed by atoms with Gasteiger partial charge in [-0.1, -0.05) is 18.5 Å². The highest BCUT2D eigenvalue weighted by Crippen LogP contribution is 2.24. The number of carbonyl (C=O) groups is 1. The van der Waals surface area contributed by atoms with Gasteiger partial charge in [0.25, 0.3) is 0 Å². The molecule has 5 nitrogen and oxygen atoms in total. The van der Waals surface area contributed by atoms with Crippen LogP contribution in [0.3, 0.4) is 0 Å². The highest BCUT2D eigenvalue weighted by atomic mass is 35.5. The Kier molecular flexibility index (Phi) is 5.79. The SMILES string of the molecule is CCCNC1COCC1C(=O)Cc1c(Cl)c(C)nn1CC. The Balaban J connectivity index is 2.07. The number of rotatable bonds is 7. The van der Waals surface area contributed by atoms with Crippen LogP contribution in [-0.2, 0) is 22.5 Å². The molecule has 0 aliphatic carbocycles. The van der Waals surface area contributed by atoms with E-state index in [4.69, 9.17) is 16.3 Å². The van der Waals surface area contributed by atoms with Crippen molar-refractivity contribution in [1.29, 1.82) is 0 Å². The molecule has 0 amide bonds. The number of carbonyl (C=O) groups excluding carboxylic acids is 1. The molecule has 0 saturated carbocycles. The molecule has 2 rings (SSSR count). The summed E-state index contributed by atoms with van der Waals surface area (Å²) >= 11 is 6.28. The second kappa shape index (κ2) is 7.38. The molecule has 1 aliphatic heterocycles. The molecule has 2 unspecified atom stereocenters. The number of aromatic nitrogens is 2. The van der Waals surface area contributed by atoms with Crippen LogP contribution in [0.4, 0.5) is 0 Å². The Morgan fingerprint density at radius 3 is 2.90 bits per heavy atom. The van der Waals surface area contributed by atoms with E-state index >= 15 is 0 Å². The van der Waals surface area contributed by atoms with Crippen LogP contribution in [0.2, 0.25) is 5.02 Å². The van der Waals surface area contributed by atoms with Gasteiger partial charge >= 0.3 is 0 Å². The van der Waals surface area contributed by atoms with E-state index in [0.717, 1.165) is 30.9 Å². The Bertz CT molecular complexity index is 501. The summed E-state index contributed by atoms with van der Waals surface area (Å²) in [7, 11) is 0. The number of ether oxygens (including phenoxy) is 1. The second-order valence-electron chi connectivity index (χ2n) is 5.51. The van der Waals surface area contributed by atoms with Gasteiger partial charge in [0.15, 0.2) is 0 Å². The van der Waals surface area contributed by atoms with Crippen molar-refractivity contribution in [3.05, 3.63) is 16.4 Å². The summed E-state index contributed by atoms with van der Waals surface area (Å²) < 4.78 is 7.30. The molecule has 1 saturated heterocycles. The third kappa shape index (κ3) is 3.65. The third-order valence-electron chi connectivity index (χ3n) is 3.95. The molecule has 1 aliphatic rings. The molecule has 1 aromatic rings. The Labute approximate surface area is 131 Å². The van der Waals surface area contributed by atoms with Crippen molar-refractivity contribution in [2.45, 2.75) is 46.2 Å². The van der Waals surface area contributed by atoms with Crippen molar-refractivity contribution < 1.29 is 9.53 Å². The van der Waals surface area contributed by atoms with Crippen LogP contribution < -0.4 is 5.32 Å². The lowest BCUT2D eigenvalue weighted by Gasteiger charge is -2.18. The number of hydrogen-bond donors (Lipinski definition) is 1. The lowest BCUT2D eigenvalue weighted by Crippen LogP contribution is -2.40. The highest BCUT2D eigenvalue weighted by Gasteiger charge is 2.34. The molecule has 0 aromatic carbocycles. The summed E-state index contributed by atoms with van der Waals surface area (Å²) in [5, 5.41) is 8.37. The van der Waals surface area contributed by atoms with Gasteiger partial charge in [0.1, 0.15) is 5.78 Å².